The predicted octanol–water partition coefficient (Wildman–Crippen LogP) is 3.06. The number of thioether (sulfide) groups is 1. The Bertz CT molecular complexity index is 432. The van der Waals surface area contributed by atoms with Crippen LogP contribution in [0.3, 0.4) is 0 Å². The number of hydrogen-bond acceptors (Lipinski definition) is 3. The van der Waals surface area contributed by atoms with Crippen molar-refractivity contribution < 1.29 is 19.0 Å². The number of aliphatic carboxylic acids is 1. The molecule has 0 aliphatic rings. The summed E-state index contributed by atoms with van der Waals surface area (Å²) >= 11 is 1.72. The molecule has 0 aromatic heterocycles. The average molecular weight is 270 g/mol. The molecule has 0 bridgehead atoms. The third-order valence-electron chi connectivity index (χ3n) is 2.07. The zero-order valence-corrected chi connectivity index (χ0v) is 10.9. The molecule has 1 aromatic carbocycles. The molecule has 3 nitrogen and oxygen atoms in total. The van der Waals surface area contributed by atoms with Crippen molar-refractivity contribution in [2.24, 2.45) is 0 Å². The standard InChI is InChI=1S/C13H15FO3S/c1-18-6-2-5-17-12-8-10(3-4-13(15)16)7-11(14)9-12/h3-4,7-9H,2,5-6H2,1H3,(H,15,16)/b4-3+. The van der Waals surface area contributed by atoms with Gasteiger partial charge in [0.1, 0.15) is 11.6 Å². The Morgan fingerprint density at radius 2 is 2.28 bits per heavy atom. The maximum atomic E-state index is 13.3. The van der Waals surface area contributed by atoms with E-state index in [1.54, 1.807) is 17.8 Å². The van der Waals surface area contributed by atoms with Gasteiger partial charge in [-0.05, 0) is 42.2 Å². The third kappa shape index (κ3) is 5.72. The van der Waals surface area contributed by atoms with E-state index < -0.39 is 11.8 Å². The van der Waals surface area contributed by atoms with Crippen LogP contribution in [-0.4, -0.2) is 29.7 Å². The van der Waals surface area contributed by atoms with Crippen molar-refractivity contribution in [3.63, 3.8) is 0 Å². The van der Waals surface area contributed by atoms with Crippen molar-refractivity contribution in [3.8, 4) is 5.75 Å². The number of halogens is 1. The van der Waals surface area contributed by atoms with Crippen molar-refractivity contribution >= 4 is 23.8 Å². The second-order valence-electron chi connectivity index (χ2n) is 3.59. The van der Waals surface area contributed by atoms with Crippen LogP contribution in [0, 0.1) is 5.82 Å². The molecule has 0 saturated heterocycles. The number of rotatable bonds is 7. The zero-order chi connectivity index (χ0) is 13.4. The second kappa shape index (κ2) is 7.76. The molecule has 0 amide bonds. The van der Waals surface area contributed by atoms with E-state index in [0.29, 0.717) is 17.9 Å². The SMILES string of the molecule is CSCCCOc1cc(F)cc(/C=C/C(=O)O)c1. The minimum atomic E-state index is -1.07. The first-order valence-electron chi connectivity index (χ1n) is 5.45. The first-order chi connectivity index (χ1) is 8.61. The van der Waals surface area contributed by atoms with E-state index in [9.17, 15) is 9.18 Å². The molecule has 18 heavy (non-hydrogen) atoms. The van der Waals surface area contributed by atoms with Gasteiger partial charge in [-0.3, -0.25) is 0 Å². The van der Waals surface area contributed by atoms with Gasteiger partial charge in [-0.25, -0.2) is 9.18 Å². The number of carboxylic acid groups (broad SMARTS) is 1. The summed E-state index contributed by atoms with van der Waals surface area (Å²) in [4.78, 5) is 10.4. The van der Waals surface area contributed by atoms with E-state index in [-0.39, 0.29) is 0 Å². The van der Waals surface area contributed by atoms with E-state index in [1.807, 2.05) is 6.26 Å². The highest BCUT2D eigenvalue weighted by molar-refractivity contribution is 7.98. The molecule has 0 aliphatic heterocycles. The second-order valence-corrected chi connectivity index (χ2v) is 4.57. The quantitative estimate of drug-likeness (QED) is 0.611. The van der Waals surface area contributed by atoms with Crippen LogP contribution in [0.5, 0.6) is 5.75 Å². The smallest absolute Gasteiger partial charge is 0.328 e. The minimum absolute atomic E-state index is 0.418. The maximum Gasteiger partial charge on any atom is 0.328 e. The first kappa shape index (κ1) is 14.6. The molecule has 1 N–H and O–H groups in total. The molecule has 0 radical (unpaired) electrons. The number of carbonyl (C=O) groups is 1. The van der Waals surface area contributed by atoms with E-state index in [4.69, 9.17) is 9.84 Å². The lowest BCUT2D eigenvalue weighted by Crippen LogP contribution is -1.99. The normalized spacial score (nSPS) is 10.8. The first-order valence-corrected chi connectivity index (χ1v) is 6.84. The molecule has 0 saturated carbocycles. The zero-order valence-electron chi connectivity index (χ0n) is 10.1. The lowest BCUT2D eigenvalue weighted by Gasteiger charge is -2.06. The Morgan fingerprint density at radius 3 is 2.94 bits per heavy atom. The maximum absolute atomic E-state index is 13.3. The van der Waals surface area contributed by atoms with E-state index in [0.717, 1.165) is 18.2 Å². The highest BCUT2D eigenvalue weighted by Gasteiger charge is 2.00. The molecule has 0 unspecified atom stereocenters. The van der Waals surface area contributed by atoms with Crippen LogP contribution < -0.4 is 4.74 Å². The molecular formula is C13H15FO3S. The van der Waals surface area contributed by atoms with Gasteiger partial charge in [-0.15, -0.1) is 0 Å². The highest BCUT2D eigenvalue weighted by atomic mass is 32.2. The molecule has 1 rings (SSSR count). The van der Waals surface area contributed by atoms with Crippen LogP contribution in [0.15, 0.2) is 24.3 Å². The Labute approximate surface area is 110 Å². The van der Waals surface area contributed by atoms with Crippen molar-refractivity contribution in [2.45, 2.75) is 6.42 Å². The lowest BCUT2D eigenvalue weighted by molar-refractivity contribution is -0.131. The predicted molar refractivity (Wildman–Crippen MR) is 71.6 cm³/mol. The lowest BCUT2D eigenvalue weighted by atomic mass is 10.2. The van der Waals surface area contributed by atoms with Crippen LogP contribution in [0.4, 0.5) is 4.39 Å². The summed E-state index contributed by atoms with van der Waals surface area (Å²) in [6, 6.07) is 4.16. The summed E-state index contributed by atoms with van der Waals surface area (Å²) in [7, 11) is 0. The van der Waals surface area contributed by atoms with Gasteiger partial charge in [0.15, 0.2) is 0 Å². The van der Waals surface area contributed by atoms with Crippen molar-refractivity contribution in [2.75, 3.05) is 18.6 Å². The van der Waals surface area contributed by atoms with Crippen molar-refractivity contribution in [3.05, 3.63) is 35.7 Å². The number of hydrogen-bond donors (Lipinski definition) is 1. The average Bonchev–Trinajstić information content (AvgIpc) is 2.32. The topological polar surface area (TPSA) is 46.5 Å². The van der Waals surface area contributed by atoms with Gasteiger partial charge in [0, 0.05) is 12.1 Å². The van der Waals surface area contributed by atoms with Gasteiger partial charge >= 0.3 is 5.97 Å². The summed E-state index contributed by atoms with van der Waals surface area (Å²) in [5.74, 6) is -0.105. The van der Waals surface area contributed by atoms with Crippen LogP contribution in [-0.2, 0) is 4.79 Å². The fourth-order valence-electron chi connectivity index (χ4n) is 1.32. The fraction of sp³-hybridized carbons (Fsp3) is 0.308. The van der Waals surface area contributed by atoms with Gasteiger partial charge in [-0.2, -0.15) is 11.8 Å². The minimum Gasteiger partial charge on any atom is -0.493 e. The monoisotopic (exact) mass is 270 g/mol. The molecule has 98 valence electrons. The van der Waals surface area contributed by atoms with Gasteiger partial charge in [0.2, 0.25) is 0 Å². The largest absolute Gasteiger partial charge is 0.493 e. The molecule has 0 fully saturated rings. The summed E-state index contributed by atoms with van der Waals surface area (Å²) in [5.41, 5.74) is 0.470. The Balaban J connectivity index is 2.65. The summed E-state index contributed by atoms with van der Waals surface area (Å²) in [6.07, 6.45) is 5.20. The van der Waals surface area contributed by atoms with Crippen LogP contribution >= 0.6 is 11.8 Å². The van der Waals surface area contributed by atoms with Gasteiger partial charge < -0.3 is 9.84 Å². The molecule has 5 heteroatoms. The van der Waals surface area contributed by atoms with E-state index >= 15 is 0 Å². The van der Waals surface area contributed by atoms with Crippen LogP contribution in [0.25, 0.3) is 6.08 Å². The van der Waals surface area contributed by atoms with Crippen LogP contribution in [0.2, 0.25) is 0 Å². The van der Waals surface area contributed by atoms with Crippen LogP contribution in [0.1, 0.15) is 12.0 Å². The molecule has 0 heterocycles. The number of carboxylic acids is 1. The summed E-state index contributed by atoms with van der Waals surface area (Å²) < 4.78 is 18.7. The molecule has 0 aliphatic carbocycles. The van der Waals surface area contributed by atoms with Crippen molar-refractivity contribution in [1.29, 1.82) is 0 Å². The Kier molecular flexibility index (Phi) is 6.28. The molecular weight excluding hydrogens is 255 g/mol. The summed E-state index contributed by atoms with van der Waals surface area (Å²) in [5, 5.41) is 8.50. The van der Waals surface area contributed by atoms with E-state index in [2.05, 4.69) is 0 Å². The van der Waals surface area contributed by atoms with Gasteiger partial charge in [0.25, 0.3) is 0 Å². The Hall–Kier alpha value is -1.49. The van der Waals surface area contributed by atoms with E-state index in [1.165, 1.54) is 18.2 Å². The molecule has 1 aromatic rings. The van der Waals surface area contributed by atoms with Crippen molar-refractivity contribution in [1.82, 2.24) is 0 Å². The Morgan fingerprint density at radius 1 is 1.50 bits per heavy atom. The highest BCUT2D eigenvalue weighted by Crippen LogP contribution is 2.18. The van der Waals surface area contributed by atoms with Gasteiger partial charge in [0.05, 0.1) is 6.61 Å². The van der Waals surface area contributed by atoms with Gasteiger partial charge in [-0.1, -0.05) is 0 Å². The number of benzene rings is 1. The number of ether oxygens (including phenoxy) is 1. The fourth-order valence-corrected chi connectivity index (χ4v) is 1.73. The molecule has 0 atom stereocenters. The third-order valence-corrected chi connectivity index (χ3v) is 2.77. The molecule has 0 spiro atoms. The summed E-state index contributed by atoms with van der Waals surface area (Å²) in [6.45, 7) is 0.520.